The summed E-state index contributed by atoms with van der Waals surface area (Å²) < 4.78 is 75.4. The summed E-state index contributed by atoms with van der Waals surface area (Å²) in [4.78, 5) is 0. The molecule has 0 aliphatic rings. The third kappa shape index (κ3) is 10.2. The Morgan fingerprint density at radius 3 is 1.81 bits per heavy atom. The highest BCUT2D eigenvalue weighted by atomic mass is 32.2. The van der Waals surface area contributed by atoms with E-state index in [0.717, 1.165) is 6.26 Å². The van der Waals surface area contributed by atoms with Crippen LogP contribution >= 0.6 is 0 Å². The molecule has 0 saturated carbocycles. The molecule has 0 fully saturated rings. The van der Waals surface area contributed by atoms with Crippen LogP contribution in [0.1, 0.15) is 6.42 Å². The first-order chi connectivity index (χ1) is 6.91. The summed E-state index contributed by atoms with van der Waals surface area (Å²) in [6.07, 6.45) is 0.407. The highest BCUT2D eigenvalue weighted by Crippen LogP contribution is 2.19. The number of rotatable bonds is 7. The summed E-state index contributed by atoms with van der Waals surface area (Å²) in [6, 6.07) is 0. The van der Waals surface area contributed by atoms with E-state index in [9.17, 15) is 25.6 Å². The van der Waals surface area contributed by atoms with Gasteiger partial charge >= 0.3 is 0 Å². The fourth-order valence-electron chi connectivity index (χ4n) is 0.608. The third-order valence-electron chi connectivity index (χ3n) is 1.25. The molecular weight excluding hydrogens is 270 g/mol. The molecule has 0 aromatic heterocycles. The van der Waals surface area contributed by atoms with Gasteiger partial charge in [-0.3, -0.25) is 8.37 Å². The number of hydrogen-bond acceptors (Lipinski definition) is 6. The molecule has 0 atom stereocenters. The zero-order valence-corrected chi connectivity index (χ0v) is 10.3. The van der Waals surface area contributed by atoms with E-state index in [1.807, 2.05) is 0 Å². The summed E-state index contributed by atoms with van der Waals surface area (Å²) in [7, 11) is -7.73. The van der Waals surface area contributed by atoms with Crippen molar-refractivity contribution in [2.45, 2.75) is 12.3 Å². The Hall–Kier alpha value is -0.320. The molecule has 0 spiro atoms. The Morgan fingerprint density at radius 1 is 1.00 bits per heavy atom. The second-order valence-corrected chi connectivity index (χ2v) is 6.39. The van der Waals surface area contributed by atoms with Gasteiger partial charge in [0, 0.05) is 6.42 Å². The molecule has 0 bridgehead atoms. The molecule has 10 heteroatoms. The van der Waals surface area contributed by atoms with E-state index in [1.165, 1.54) is 0 Å². The fraction of sp³-hybridized carbons (Fsp3) is 1.00. The van der Waals surface area contributed by atoms with Gasteiger partial charge in [-0.15, -0.1) is 0 Å². The van der Waals surface area contributed by atoms with Crippen molar-refractivity contribution in [1.29, 1.82) is 0 Å². The van der Waals surface area contributed by atoms with E-state index < -0.39 is 45.8 Å². The number of alkyl halides is 2. The average Bonchev–Trinajstić information content (AvgIpc) is 1.97. The number of hydrogen-bond donors (Lipinski definition) is 0. The summed E-state index contributed by atoms with van der Waals surface area (Å²) in [5.74, 6) is -3.46. The molecule has 0 aliphatic carbocycles. The SMILES string of the molecule is CS(=O)(=O)OCCC(F)(F)COS(C)(=O)=O. The molecule has 0 amide bonds. The maximum absolute atomic E-state index is 12.9. The molecule has 98 valence electrons. The summed E-state index contributed by atoms with van der Waals surface area (Å²) in [5.41, 5.74) is 0. The van der Waals surface area contributed by atoms with Gasteiger partial charge < -0.3 is 0 Å². The molecule has 0 heterocycles. The van der Waals surface area contributed by atoms with Crippen LogP contribution in [0.5, 0.6) is 0 Å². The largest absolute Gasteiger partial charge is 0.274 e. The monoisotopic (exact) mass is 282 g/mol. The highest BCUT2D eigenvalue weighted by molar-refractivity contribution is 7.86. The van der Waals surface area contributed by atoms with E-state index in [4.69, 9.17) is 0 Å². The molecule has 0 unspecified atom stereocenters. The lowest BCUT2D eigenvalue weighted by Crippen LogP contribution is -2.27. The van der Waals surface area contributed by atoms with E-state index in [1.54, 1.807) is 0 Å². The van der Waals surface area contributed by atoms with Gasteiger partial charge in [-0.2, -0.15) is 16.8 Å². The molecule has 0 aromatic rings. The van der Waals surface area contributed by atoms with Crippen LogP contribution in [-0.4, -0.2) is 48.5 Å². The Morgan fingerprint density at radius 2 is 1.44 bits per heavy atom. The standard InChI is InChI=1S/C6H12F2O6S2/c1-15(9,10)13-4-3-6(7,8)5-14-16(2,11)12/h3-5H2,1-2H3. The maximum atomic E-state index is 12.9. The molecule has 0 radical (unpaired) electrons. The van der Waals surface area contributed by atoms with Crippen LogP contribution in [0.25, 0.3) is 0 Å². The molecule has 0 aromatic carbocycles. The number of halogens is 2. The van der Waals surface area contributed by atoms with Crippen molar-refractivity contribution in [3.8, 4) is 0 Å². The summed E-state index contributed by atoms with van der Waals surface area (Å²) in [5, 5.41) is 0. The van der Waals surface area contributed by atoms with Gasteiger partial charge in [-0.25, -0.2) is 8.78 Å². The van der Waals surface area contributed by atoms with Gasteiger partial charge in [0.1, 0.15) is 6.61 Å². The summed E-state index contributed by atoms with van der Waals surface area (Å²) >= 11 is 0. The minimum absolute atomic E-state index is 0.635. The third-order valence-corrected chi connectivity index (χ3v) is 2.39. The molecule has 0 saturated heterocycles. The minimum atomic E-state index is -3.95. The lowest BCUT2D eigenvalue weighted by Gasteiger charge is -2.14. The van der Waals surface area contributed by atoms with E-state index in [2.05, 4.69) is 8.37 Å². The zero-order chi connectivity index (χ0) is 13.0. The quantitative estimate of drug-likeness (QED) is 0.609. The predicted molar refractivity (Wildman–Crippen MR) is 51.2 cm³/mol. The highest BCUT2D eigenvalue weighted by Gasteiger charge is 2.31. The van der Waals surface area contributed by atoms with Crippen molar-refractivity contribution < 1.29 is 34.0 Å². The zero-order valence-electron chi connectivity index (χ0n) is 8.64. The van der Waals surface area contributed by atoms with Crippen molar-refractivity contribution in [1.82, 2.24) is 0 Å². The van der Waals surface area contributed by atoms with Gasteiger partial charge in [-0.1, -0.05) is 0 Å². The lowest BCUT2D eigenvalue weighted by molar-refractivity contribution is -0.0531. The normalized spacial score (nSPS) is 14.0. The van der Waals surface area contributed by atoms with Crippen LogP contribution in [0.3, 0.4) is 0 Å². The van der Waals surface area contributed by atoms with Crippen LogP contribution in [-0.2, 0) is 28.6 Å². The van der Waals surface area contributed by atoms with Crippen LogP contribution < -0.4 is 0 Å². The molecule has 0 rings (SSSR count). The van der Waals surface area contributed by atoms with E-state index >= 15 is 0 Å². The van der Waals surface area contributed by atoms with Gasteiger partial charge in [0.15, 0.2) is 0 Å². The first-order valence-corrected chi connectivity index (χ1v) is 7.61. The smallest absolute Gasteiger partial charge is 0.270 e. The van der Waals surface area contributed by atoms with Crippen molar-refractivity contribution in [2.24, 2.45) is 0 Å². The fourth-order valence-corrected chi connectivity index (χ4v) is 1.38. The Kier molecular flexibility index (Phi) is 5.23. The molecule has 0 aliphatic heterocycles. The van der Waals surface area contributed by atoms with Crippen LogP contribution in [0.2, 0.25) is 0 Å². The van der Waals surface area contributed by atoms with Gasteiger partial charge in [0.25, 0.3) is 26.2 Å². The van der Waals surface area contributed by atoms with Crippen LogP contribution in [0.4, 0.5) is 8.78 Å². The van der Waals surface area contributed by atoms with E-state index in [0.29, 0.717) is 6.26 Å². The van der Waals surface area contributed by atoms with Crippen LogP contribution in [0.15, 0.2) is 0 Å². The van der Waals surface area contributed by atoms with E-state index in [-0.39, 0.29) is 0 Å². The van der Waals surface area contributed by atoms with Crippen molar-refractivity contribution in [3.63, 3.8) is 0 Å². The van der Waals surface area contributed by atoms with Crippen molar-refractivity contribution >= 4 is 20.2 Å². The van der Waals surface area contributed by atoms with Crippen molar-refractivity contribution in [2.75, 3.05) is 25.7 Å². The first-order valence-electron chi connectivity index (χ1n) is 3.98. The molecule has 6 nitrogen and oxygen atoms in total. The summed E-state index contributed by atoms with van der Waals surface area (Å²) in [6.45, 7) is -2.07. The Labute approximate surface area is 92.8 Å². The topological polar surface area (TPSA) is 86.7 Å². The molecular formula is C6H12F2O6S2. The predicted octanol–water partition coefficient (Wildman–Crippen LogP) is -0.0358. The second kappa shape index (κ2) is 5.34. The molecule has 16 heavy (non-hydrogen) atoms. The van der Waals surface area contributed by atoms with Crippen LogP contribution in [0, 0.1) is 0 Å². The van der Waals surface area contributed by atoms with Gasteiger partial charge in [-0.05, 0) is 0 Å². The molecule has 0 N–H and O–H groups in total. The lowest BCUT2D eigenvalue weighted by atomic mass is 10.3. The van der Waals surface area contributed by atoms with Crippen molar-refractivity contribution in [3.05, 3.63) is 0 Å². The van der Waals surface area contributed by atoms with Gasteiger partial charge in [0.05, 0.1) is 19.1 Å². The average molecular weight is 282 g/mol. The maximum Gasteiger partial charge on any atom is 0.274 e. The first kappa shape index (κ1) is 15.7. The Bertz CT molecular complexity index is 412. The van der Waals surface area contributed by atoms with Gasteiger partial charge in [0.2, 0.25) is 0 Å². The second-order valence-electron chi connectivity index (χ2n) is 3.10. The Balaban J connectivity index is 4.06. The minimum Gasteiger partial charge on any atom is -0.270 e.